The Balaban J connectivity index is 1.88. The van der Waals surface area contributed by atoms with Gasteiger partial charge in [0.15, 0.2) is 0 Å². The third-order valence-corrected chi connectivity index (χ3v) is 2.15. The van der Waals surface area contributed by atoms with Gasteiger partial charge < -0.3 is 9.47 Å². The molecule has 1 N–H and O–H groups in total. The van der Waals surface area contributed by atoms with Gasteiger partial charge in [-0.1, -0.05) is 0 Å². The van der Waals surface area contributed by atoms with Crippen LogP contribution >= 0.6 is 0 Å². The molecule has 0 saturated carbocycles. The van der Waals surface area contributed by atoms with Gasteiger partial charge in [0.05, 0.1) is 19.4 Å². The molecule has 5 heteroatoms. The van der Waals surface area contributed by atoms with Gasteiger partial charge in [0.25, 0.3) is 5.56 Å². The lowest BCUT2D eigenvalue weighted by atomic mass is 10.1. The highest BCUT2D eigenvalue weighted by atomic mass is 16.5. The molecule has 0 bridgehead atoms. The Morgan fingerprint density at radius 2 is 2.64 bits per heavy atom. The van der Waals surface area contributed by atoms with E-state index in [-0.39, 0.29) is 5.56 Å². The molecule has 1 fully saturated rings. The summed E-state index contributed by atoms with van der Waals surface area (Å²) in [5.41, 5.74) is -0.245. The van der Waals surface area contributed by atoms with Gasteiger partial charge in [0, 0.05) is 18.6 Å². The number of H-pyrrole nitrogens is 1. The van der Waals surface area contributed by atoms with Crippen LogP contribution < -0.4 is 10.3 Å². The van der Waals surface area contributed by atoms with Crippen molar-refractivity contribution >= 4 is 0 Å². The van der Waals surface area contributed by atoms with Gasteiger partial charge in [-0.25, -0.2) is 5.10 Å². The number of rotatable bonds is 3. The van der Waals surface area contributed by atoms with Crippen molar-refractivity contribution in [2.45, 2.75) is 6.42 Å². The van der Waals surface area contributed by atoms with Crippen LogP contribution in [0.5, 0.6) is 5.75 Å². The van der Waals surface area contributed by atoms with Crippen molar-refractivity contribution in [2.75, 3.05) is 19.8 Å². The van der Waals surface area contributed by atoms with Gasteiger partial charge >= 0.3 is 0 Å². The maximum atomic E-state index is 10.9. The molecule has 1 aromatic heterocycles. The number of ether oxygens (including phenoxy) is 2. The van der Waals surface area contributed by atoms with Crippen LogP contribution in [-0.4, -0.2) is 30.0 Å². The normalized spacial score (nSPS) is 21.0. The number of aromatic amines is 1. The Labute approximate surface area is 81.0 Å². The molecule has 0 aromatic carbocycles. The second-order valence-electron chi connectivity index (χ2n) is 3.32. The molecule has 1 saturated heterocycles. The zero-order valence-electron chi connectivity index (χ0n) is 7.73. The summed E-state index contributed by atoms with van der Waals surface area (Å²) in [6.45, 7) is 2.14. The molecule has 14 heavy (non-hydrogen) atoms. The fourth-order valence-corrected chi connectivity index (χ4v) is 1.37. The van der Waals surface area contributed by atoms with Gasteiger partial charge in [-0.2, -0.15) is 5.10 Å². The zero-order valence-corrected chi connectivity index (χ0v) is 7.73. The second kappa shape index (κ2) is 4.23. The maximum absolute atomic E-state index is 10.9. The van der Waals surface area contributed by atoms with Crippen LogP contribution in [0, 0.1) is 5.92 Å². The molecule has 0 spiro atoms. The minimum absolute atomic E-state index is 0.245. The first kappa shape index (κ1) is 9.21. The van der Waals surface area contributed by atoms with Crippen LogP contribution in [0.4, 0.5) is 0 Å². The van der Waals surface area contributed by atoms with Crippen molar-refractivity contribution in [1.82, 2.24) is 10.2 Å². The third-order valence-electron chi connectivity index (χ3n) is 2.15. The van der Waals surface area contributed by atoms with E-state index in [4.69, 9.17) is 9.47 Å². The van der Waals surface area contributed by atoms with Crippen molar-refractivity contribution in [2.24, 2.45) is 5.92 Å². The lowest BCUT2D eigenvalue weighted by molar-refractivity contribution is 0.167. The Morgan fingerprint density at radius 1 is 1.71 bits per heavy atom. The maximum Gasteiger partial charge on any atom is 0.267 e. The summed E-state index contributed by atoms with van der Waals surface area (Å²) in [7, 11) is 0. The van der Waals surface area contributed by atoms with E-state index in [1.54, 1.807) is 0 Å². The Hall–Kier alpha value is -1.36. The predicted octanol–water partition coefficient (Wildman–Crippen LogP) is 0.185. The number of hydrogen-bond acceptors (Lipinski definition) is 4. The molecule has 0 amide bonds. The summed E-state index contributed by atoms with van der Waals surface area (Å²) in [6, 6.07) is 1.39. The van der Waals surface area contributed by atoms with Crippen molar-refractivity contribution in [3.63, 3.8) is 0 Å². The summed E-state index contributed by atoms with van der Waals surface area (Å²) >= 11 is 0. The minimum atomic E-state index is -0.245. The first-order chi connectivity index (χ1) is 6.84. The molecule has 1 atom stereocenters. The van der Waals surface area contributed by atoms with E-state index in [0.717, 1.165) is 19.6 Å². The Bertz CT molecular complexity index is 344. The monoisotopic (exact) mass is 196 g/mol. The fourth-order valence-electron chi connectivity index (χ4n) is 1.37. The third kappa shape index (κ3) is 2.32. The molecule has 2 rings (SSSR count). The van der Waals surface area contributed by atoms with Gasteiger partial charge in [0.2, 0.25) is 0 Å². The number of nitrogens with zero attached hydrogens (tertiary/aromatic N) is 1. The molecular formula is C9H12N2O3. The standard InChI is InChI=1S/C9H12N2O3/c12-9-3-8(4-10-11-9)14-6-7-1-2-13-5-7/h3-4,7H,1-2,5-6H2,(H,11,12). The molecular weight excluding hydrogens is 184 g/mol. The van der Waals surface area contributed by atoms with Crippen LogP contribution in [0.25, 0.3) is 0 Å². The van der Waals surface area contributed by atoms with Gasteiger partial charge in [-0.05, 0) is 6.42 Å². The summed E-state index contributed by atoms with van der Waals surface area (Å²) < 4.78 is 10.6. The van der Waals surface area contributed by atoms with Crippen LogP contribution in [0.3, 0.4) is 0 Å². The molecule has 0 aliphatic carbocycles. The first-order valence-electron chi connectivity index (χ1n) is 4.60. The molecule has 1 aliphatic heterocycles. The molecule has 2 heterocycles. The highest BCUT2D eigenvalue weighted by molar-refractivity contribution is 5.12. The summed E-state index contributed by atoms with van der Waals surface area (Å²) in [6.07, 6.45) is 2.52. The molecule has 1 unspecified atom stereocenters. The summed E-state index contributed by atoms with van der Waals surface area (Å²) in [5.74, 6) is 0.954. The van der Waals surface area contributed by atoms with Crippen molar-refractivity contribution in [3.05, 3.63) is 22.6 Å². The molecule has 5 nitrogen and oxygen atoms in total. The van der Waals surface area contributed by atoms with Crippen LogP contribution in [0.2, 0.25) is 0 Å². The highest BCUT2D eigenvalue weighted by Crippen LogP contribution is 2.14. The smallest absolute Gasteiger partial charge is 0.267 e. The Kier molecular flexibility index (Phi) is 2.78. The minimum Gasteiger partial charge on any atom is -0.491 e. The van der Waals surface area contributed by atoms with E-state index in [1.807, 2.05) is 0 Å². The average Bonchev–Trinajstić information content (AvgIpc) is 2.67. The average molecular weight is 196 g/mol. The van der Waals surface area contributed by atoms with Crippen LogP contribution in [-0.2, 0) is 4.74 Å². The lowest BCUT2D eigenvalue weighted by Crippen LogP contribution is -2.13. The van der Waals surface area contributed by atoms with Crippen LogP contribution in [0.15, 0.2) is 17.1 Å². The van der Waals surface area contributed by atoms with Gasteiger partial charge in [0.1, 0.15) is 5.75 Å². The largest absolute Gasteiger partial charge is 0.491 e. The molecule has 76 valence electrons. The van der Waals surface area contributed by atoms with Gasteiger partial charge in [-0.15, -0.1) is 0 Å². The molecule has 1 aromatic rings. The topological polar surface area (TPSA) is 64.2 Å². The summed E-state index contributed by atoms with van der Waals surface area (Å²) in [4.78, 5) is 10.9. The predicted molar refractivity (Wildman–Crippen MR) is 49.3 cm³/mol. The van der Waals surface area contributed by atoms with Gasteiger partial charge in [-0.3, -0.25) is 4.79 Å². The van der Waals surface area contributed by atoms with Crippen molar-refractivity contribution in [1.29, 1.82) is 0 Å². The van der Waals surface area contributed by atoms with E-state index >= 15 is 0 Å². The van der Waals surface area contributed by atoms with Crippen LogP contribution in [0.1, 0.15) is 6.42 Å². The molecule has 0 radical (unpaired) electrons. The second-order valence-corrected chi connectivity index (χ2v) is 3.32. The lowest BCUT2D eigenvalue weighted by Gasteiger charge is -2.08. The highest BCUT2D eigenvalue weighted by Gasteiger charge is 2.16. The van der Waals surface area contributed by atoms with E-state index in [2.05, 4.69) is 10.2 Å². The Morgan fingerprint density at radius 3 is 3.36 bits per heavy atom. The molecule has 1 aliphatic rings. The van der Waals surface area contributed by atoms with Crippen molar-refractivity contribution in [3.8, 4) is 5.75 Å². The fraction of sp³-hybridized carbons (Fsp3) is 0.556. The summed E-state index contributed by atoms with van der Waals surface area (Å²) in [5, 5.41) is 5.93. The number of aromatic nitrogens is 2. The van der Waals surface area contributed by atoms with Crippen molar-refractivity contribution < 1.29 is 9.47 Å². The van der Waals surface area contributed by atoms with E-state index < -0.39 is 0 Å². The van der Waals surface area contributed by atoms with E-state index in [1.165, 1.54) is 12.3 Å². The SMILES string of the molecule is O=c1cc(OCC2CCOC2)cn[nH]1. The quantitative estimate of drug-likeness (QED) is 0.749. The first-order valence-corrected chi connectivity index (χ1v) is 4.60. The number of nitrogens with one attached hydrogen (secondary N) is 1. The zero-order chi connectivity index (χ0) is 9.80. The van der Waals surface area contributed by atoms with E-state index in [9.17, 15) is 4.79 Å². The number of hydrogen-bond donors (Lipinski definition) is 1. The van der Waals surface area contributed by atoms with E-state index in [0.29, 0.717) is 18.3 Å².